The second kappa shape index (κ2) is 8.33. The lowest BCUT2D eigenvalue weighted by Crippen LogP contribution is -2.53. The molecule has 0 spiro atoms. The standard InChI is InChI=1S/C24H32O5/c1-16(5-9-20-23(2,3)21(25)11-13-24(20,4)27)12-14-28-18-8-6-17-7-10-22(26)29-19(17)15-18/h6-8,10,12,15,20-21,25,27H,5,9,11,13-14H2,1-4H3/b16-12+/t20-,21-,24+/m1/s1. The number of benzene rings is 1. The number of hydrogen-bond donors (Lipinski definition) is 2. The van der Waals surface area contributed by atoms with Gasteiger partial charge < -0.3 is 19.4 Å². The highest BCUT2D eigenvalue weighted by Crippen LogP contribution is 2.48. The molecule has 0 amide bonds. The molecule has 3 atom stereocenters. The van der Waals surface area contributed by atoms with E-state index in [9.17, 15) is 15.0 Å². The summed E-state index contributed by atoms with van der Waals surface area (Å²) in [5.41, 5.74) is 0.249. The van der Waals surface area contributed by atoms with Gasteiger partial charge in [0.15, 0.2) is 0 Å². The van der Waals surface area contributed by atoms with Crippen molar-refractivity contribution in [1.82, 2.24) is 0 Å². The van der Waals surface area contributed by atoms with Crippen molar-refractivity contribution < 1.29 is 19.4 Å². The molecule has 29 heavy (non-hydrogen) atoms. The summed E-state index contributed by atoms with van der Waals surface area (Å²) in [7, 11) is 0. The van der Waals surface area contributed by atoms with Crippen LogP contribution in [-0.2, 0) is 0 Å². The minimum atomic E-state index is -0.755. The molecule has 1 heterocycles. The quantitative estimate of drug-likeness (QED) is 0.553. The zero-order chi connectivity index (χ0) is 21.2. The monoisotopic (exact) mass is 400 g/mol. The SMILES string of the molecule is C/C(=C\COc1ccc2ccc(=O)oc2c1)CC[C@@H]1C(C)(C)[C@H](O)CC[C@]1(C)O. The number of fused-ring (bicyclic) bond motifs is 1. The molecule has 1 fully saturated rings. The number of rotatable bonds is 6. The van der Waals surface area contributed by atoms with Gasteiger partial charge in [0.05, 0.1) is 11.7 Å². The molecule has 1 aliphatic rings. The summed E-state index contributed by atoms with van der Waals surface area (Å²) in [6, 6.07) is 8.58. The van der Waals surface area contributed by atoms with E-state index >= 15 is 0 Å². The molecule has 1 aromatic heterocycles. The zero-order valence-electron chi connectivity index (χ0n) is 17.8. The van der Waals surface area contributed by atoms with Gasteiger partial charge in [-0.15, -0.1) is 0 Å². The summed E-state index contributed by atoms with van der Waals surface area (Å²) in [6.45, 7) is 8.48. The van der Waals surface area contributed by atoms with E-state index in [1.807, 2.05) is 25.1 Å². The smallest absolute Gasteiger partial charge is 0.336 e. The van der Waals surface area contributed by atoms with Crippen molar-refractivity contribution in [3.05, 3.63) is 52.4 Å². The van der Waals surface area contributed by atoms with Gasteiger partial charge in [0.25, 0.3) is 0 Å². The fourth-order valence-electron chi connectivity index (χ4n) is 4.58. The fraction of sp³-hybridized carbons (Fsp3) is 0.542. The molecule has 1 aromatic carbocycles. The molecule has 3 rings (SSSR count). The Hall–Kier alpha value is -2.11. The number of ether oxygens (including phenoxy) is 1. The van der Waals surface area contributed by atoms with Crippen LogP contribution in [0.5, 0.6) is 5.75 Å². The third-order valence-electron chi connectivity index (χ3n) is 6.54. The lowest BCUT2D eigenvalue weighted by atomic mass is 9.59. The summed E-state index contributed by atoms with van der Waals surface area (Å²) in [5, 5.41) is 22.1. The van der Waals surface area contributed by atoms with Gasteiger partial charge in [0.1, 0.15) is 17.9 Å². The van der Waals surface area contributed by atoms with Crippen LogP contribution in [0, 0.1) is 11.3 Å². The van der Waals surface area contributed by atoms with E-state index in [2.05, 4.69) is 20.8 Å². The van der Waals surface area contributed by atoms with Gasteiger partial charge in [-0.3, -0.25) is 0 Å². The van der Waals surface area contributed by atoms with Crippen LogP contribution in [0.2, 0.25) is 0 Å². The predicted octanol–water partition coefficient (Wildman–Crippen LogP) is 4.45. The highest BCUT2D eigenvalue weighted by Gasteiger charge is 2.49. The van der Waals surface area contributed by atoms with Crippen LogP contribution in [0.3, 0.4) is 0 Å². The zero-order valence-corrected chi connectivity index (χ0v) is 17.8. The van der Waals surface area contributed by atoms with Gasteiger partial charge in [0.2, 0.25) is 0 Å². The van der Waals surface area contributed by atoms with Crippen molar-refractivity contribution in [1.29, 1.82) is 0 Å². The molecule has 0 aliphatic heterocycles. The number of hydrogen-bond acceptors (Lipinski definition) is 5. The Kier molecular flexibility index (Phi) is 6.20. The predicted molar refractivity (Wildman–Crippen MR) is 114 cm³/mol. The second-order valence-electron chi connectivity index (χ2n) is 9.14. The van der Waals surface area contributed by atoms with Crippen LogP contribution < -0.4 is 10.4 Å². The number of allylic oxidation sites excluding steroid dienone is 1. The Bertz CT molecular complexity index is 938. The maximum atomic E-state index is 11.4. The van der Waals surface area contributed by atoms with E-state index in [4.69, 9.17) is 9.15 Å². The van der Waals surface area contributed by atoms with Crippen molar-refractivity contribution in [3.8, 4) is 5.75 Å². The molecule has 0 saturated heterocycles. The maximum Gasteiger partial charge on any atom is 0.336 e. The number of aliphatic hydroxyl groups excluding tert-OH is 1. The van der Waals surface area contributed by atoms with Gasteiger partial charge in [-0.1, -0.05) is 19.4 Å². The van der Waals surface area contributed by atoms with E-state index in [1.54, 1.807) is 12.1 Å². The lowest BCUT2D eigenvalue weighted by Gasteiger charge is -2.51. The molecule has 2 aromatic rings. The van der Waals surface area contributed by atoms with Crippen molar-refractivity contribution >= 4 is 11.0 Å². The molecule has 0 bridgehead atoms. The Balaban J connectivity index is 1.58. The van der Waals surface area contributed by atoms with Gasteiger partial charge >= 0.3 is 5.63 Å². The first kappa shape index (κ1) is 21.6. The van der Waals surface area contributed by atoms with Crippen LogP contribution >= 0.6 is 0 Å². The largest absolute Gasteiger partial charge is 0.489 e. The summed E-state index contributed by atoms with van der Waals surface area (Å²) in [6.07, 6.45) is 4.59. The molecule has 0 radical (unpaired) electrons. The molecule has 1 aliphatic carbocycles. The van der Waals surface area contributed by atoms with Crippen LogP contribution in [0.4, 0.5) is 0 Å². The highest BCUT2D eigenvalue weighted by atomic mass is 16.5. The Morgan fingerprint density at radius 1 is 1.28 bits per heavy atom. The van der Waals surface area contributed by atoms with Crippen molar-refractivity contribution in [2.24, 2.45) is 11.3 Å². The maximum absolute atomic E-state index is 11.4. The minimum absolute atomic E-state index is 0.0337. The van der Waals surface area contributed by atoms with E-state index in [0.717, 1.165) is 18.2 Å². The van der Waals surface area contributed by atoms with E-state index < -0.39 is 5.60 Å². The van der Waals surface area contributed by atoms with Crippen molar-refractivity contribution in [3.63, 3.8) is 0 Å². The number of aliphatic hydroxyl groups is 2. The first-order chi connectivity index (χ1) is 13.6. The molecule has 5 nitrogen and oxygen atoms in total. The van der Waals surface area contributed by atoms with Gasteiger partial charge in [-0.25, -0.2) is 4.79 Å². The Labute approximate surface area is 172 Å². The summed E-state index contributed by atoms with van der Waals surface area (Å²) in [5.74, 6) is 0.682. The molecule has 5 heteroatoms. The molecular weight excluding hydrogens is 368 g/mol. The third kappa shape index (κ3) is 4.90. The second-order valence-corrected chi connectivity index (χ2v) is 9.14. The van der Waals surface area contributed by atoms with Gasteiger partial charge in [-0.05, 0) is 75.1 Å². The normalized spacial score (nSPS) is 27.2. The average molecular weight is 401 g/mol. The van der Waals surface area contributed by atoms with Crippen LogP contribution in [-0.4, -0.2) is 28.5 Å². The highest BCUT2D eigenvalue weighted by molar-refractivity contribution is 5.77. The lowest BCUT2D eigenvalue weighted by molar-refractivity contribution is -0.145. The summed E-state index contributed by atoms with van der Waals surface area (Å²) in [4.78, 5) is 11.4. The molecule has 1 saturated carbocycles. The summed E-state index contributed by atoms with van der Waals surface area (Å²) < 4.78 is 11.0. The van der Waals surface area contributed by atoms with Crippen LogP contribution in [0.1, 0.15) is 53.4 Å². The van der Waals surface area contributed by atoms with Crippen molar-refractivity contribution in [2.75, 3.05) is 6.61 Å². The van der Waals surface area contributed by atoms with Gasteiger partial charge in [0, 0.05) is 17.5 Å². The first-order valence-corrected chi connectivity index (χ1v) is 10.3. The Morgan fingerprint density at radius 2 is 2.00 bits per heavy atom. The van der Waals surface area contributed by atoms with Crippen LogP contribution in [0.25, 0.3) is 11.0 Å². The Morgan fingerprint density at radius 3 is 2.76 bits per heavy atom. The van der Waals surface area contributed by atoms with Crippen molar-refractivity contribution in [2.45, 2.75) is 65.1 Å². The van der Waals surface area contributed by atoms with E-state index in [-0.39, 0.29) is 23.1 Å². The summed E-state index contributed by atoms with van der Waals surface area (Å²) >= 11 is 0. The van der Waals surface area contributed by atoms with Crippen LogP contribution in [0.15, 0.2) is 51.2 Å². The third-order valence-corrected chi connectivity index (χ3v) is 6.54. The first-order valence-electron chi connectivity index (χ1n) is 10.3. The minimum Gasteiger partial charge on any atom is -0.489 e. The average Bonchev–Trinajstić information content (AvgIpc) is 2.64. The van der Waals surface area contributed by atoms with E-state index in [0.29, 0.717) is 30.8 Å². The van der Waals surface area contributed by atoms with Gasteiger partial charge in [-0.2, -0.15) is 0 Å². The topological polar surface area (TPSA) is 79.9 Å². The molecular formula is C24H32O5. The van der Waals surface area contributed by atoms with E-state index in [1.165, 1.54) is 11.6 Å². The molecule has 158 valence electrons. The fourth-order valence-corrected chi connectivity index (χ4v) is 4.58. The molecule has 2 N–H and O–H groups in total. The molecule has 0 unspecified atom stereocenters.